The number of benzene rings is 1. The van der Waals surface area contributed by atoms with E-state index in [0.29, 0.717) is 22.6 Å². The van der Waals surface area contributed by atoms with Crippen LogP contribution in [0.3, 0.4) is 0 Å². The zero-order valence-corrected chi connectivity index (χ0v) is 12.7. The fourth-order valence-corrected chi connectivity index (χ4v) is 2.35. The van der Waals surface area contributed by atoms with Crippen molar-refractivity contribution >= 4 is 33.6 Å². The molecule has 6 heteroatoms. The first-order chi connectivity index (χ1) is 9.47. The number of carbonyl (C=O) groups is 2. The van der Waals surface area contributed by atoms with E-state index in [1.54, 1.807) is 6.07 Å². The van der Waals surface area contributed by atoms with Gasteiger partial charge in [0.2, 0.25) is 0 Å². The van der Waals surface area contributed by atoms with E-state index in [1.165, 1.54) is 25.0 Å². The molecule has 3 N–H and O–H groups in total. The molecule has 1 aliphatic rings. The van der Waals surface area contributed by atoms with E-state index in [4.69, 9.17) is 5.11 Å². The highest BCUT2D eigenvalue weighted by atomic mass is 79.9. The van der Waals surface area contributed by atoms with Crippen molar-refractivity contribution in [2.24, 2.45) is 11.8 Å². The van der Waals surface area contributed by atoms with Gasteiger partial charge in [-0.25, -0.2) is 9.59 Å². The highest BCUT2D eigenvalue weighted by molar-refractivity contribution is 9.10. The first-order valence-corrected chi connectivity index (χ1v) is 7.34. The van der Waals surface area contributed by atoms with E-state index in [1.807, 2.05) is 0 Å². The van der Waals surface area contributed by atoms with E-state index in [-0.39, 0.29) is 11.6 Å². The van der Waals surface area contributed by atoms with Crippen LogP contribution < -0.4 is 10.6 Å². The number of carboxylic acids is 1. The van der Waals surface area contributed by atoms with Gasteiger partial charge in [0.1, 0.15) is 0 Å². The molecule has 0 saturated heterocycles. The first kappa shape index (κ1) is 14.8. The van der Waals surface area contributed by atoms with E-state index >= 15 is 0 Å². The Morgan fingerprint density at radius 1 is 1.45 bits per heavy atom. The predicted octanol–water partition coefficient (Wildman–Crippen LogP) is 3.31. The fourth-order valence-electron chi connectivity index (χ4n) is 2.01. The molecule has 5 nitrogen and oxygen atoms in total. The molecular formula is C14H17BrN2O3. The van der Waals surface area contributed by atoms with Crippen molar-refractivity contribution in [1.29, 1.82) is 0 Å². The van der Waals surface area contributed by atoms with Crippen LogP contribution in [0.1, 0.15) is 30.1 Å². The quantitative estimate of drug-likeness (QED) is 0.769. The highest BCUT2D eigenvalue weighted by Crippen LogP contribution is 2.36. The third kappa shape index (κ3) is 3.96. The second-order valence-corrected chi connectivity index (χ2v) is 6.00. The molecule has 1 aromatic carbocycles. The molecule has 0 heterocycles. The topological polar surface area (TPSA) is 78.4 Å². The molecule has 2 rings (SSSR count). The molecule has 0 aliphatic heterocycles. The third-order valence-corrected chi connectivity index (χ3v) is 4.16. The minimum Gasteiger partial charge on any atom is -0.478 e. The summed E-state index contributed by atoms with van der Waals surface area (Å²) in [5.74, 6) is 0.190. The number of nitrogens with one attached hydrogen (secondary N) is 2. The van der Waals surface area contributed by atoms with Crippen LogP contribution >= 0.6 is 15.9 Å². The number of carboxylic acid groups (broad SMARTS) is 1. The number of halogens is 1. The largest absolute Gasteiger partial charge is 0.478 e. The van der Waals surface area contributed by atoms with Crippen LogP contribution in [0.15, 0.2) is 22.7 Å². The SMILES string of the molecule is CC(CNC(=O)Nc1cc(C(=O)O)ccc1Br)C1CC1. The second-order valence-electron chi connectivity index (χ2n) is 5.15. The molecule has 20 heavy (non-hydrogen) atoms. The number of urea groups is 1. The Morgan fingerprint density at radius 2 is 2.15 bits per heavy atom. The van der Waals surface area contributed by atoms with Gasteiger partial charge in [-0.1, -0.05) is 6.92 Å². The van der Waals surface area contributed by atoms with Crippen LogP contribution in [-0.2, 0) is 0 Å². The number of rotatable bonds is 5. The third-order valence-electron chi connectivity index (χ3n) is 3.47. The van der Waals surface area contributed by atoms with Crippen molar-refractivity contribution in [1.82, 2.24) is 5.32 Å². The van der Waals surface area contributed by atoms with E-state index in [9.17, 15) is 9.59 Å². The normalized spacial score (nSPS) is 15.5. The molecular weight excluding hydrogens is 324 g/mol. The van der Waals surface area contributed by atoms with Crippen LogP contribution in [0.5, 0.6) is 0 Å². The smallest absolute Gasteiger partial charge is 0.335 e. The zero-order valence-electron chi connectivity index (χ0n) is 11.1. The Morgan fingerprint density at radius 3 is 2.75 bits per heavy atom. The highest BCUT2D eigenvalue weighted by Gasteiger charge is 2.27. The van der Waals surface area contributed by atoms with Gasteiger partial charge in [0, 0.05) is 11.0 Å². The van der Waals surface area contributed by atoms with E-state index in [2.05, 4.69) is 33.5 Å². The van der Waals surface area contributed by atoms with Crippen molar-refractivity contribution in [2.45, 2.75) is 19.8 Å². The van der Waals surface area contributed by atoms with Crippen molar-refractivity contribution < 1.29 is 14.7 Å². The van der Waals surface area contributed by atoms with Crippen molar-refractivity contribution in [3.8, 4) is 0 Å². The Hall–Kier alpha value is -1.56. The number of hydrogen-bond acceptors (Lipinski definition) is 2. The average molecular weight is 341 g/mol. The monoisotopic (exact) mass is 340 g/mol. The summed E-state index contributed by atoms with van der Waals surface area (Å²) in [5, 5.41) is 14.4. The summed E-state index contributed by atoms with van der Waals surface area (Å²) < 4.78 is 0.646. The minimum atomic E-state index is -1.02. The molecule has 1 saturated carbocycles. The average Bonchev–Trinajstić information content (AvgIpc) is 3.22. The molecule has 0 bridgehead atoms. The maximum absolute atomic E-state index is 11.8. The fraction of sp³-hybridized carbons (Fsp3) is 0.429. The molecule has 0 aromatic heterocycles. The van der Waals surface area contributed by atoms with Gasteiger partial charge in [0.05, 0.1) is 11.3 Å². The zero-order chi connectivity index (χ0) is 14.7. The van der Waals surface area contributed by atoms with Gasteiger partial charge >= 0.3 is 12.0 Å². The summed E-state index contributed by atoms with van der Waals surface area (Å²) >= 11 is 3.29. The van der Waals surface area contributed by atoms with E-state index < -0.39 is 5.97 Å². The first-order valence-electron chi connectivity index (χ1n) is 6.55. The van der Waals surface area contributed by atoms with Crippen molar-refractivity contribution in [3.63, 3.8) is 0 Å². The maximum Gasteiger partial charge on any atom is 0.335 e. The summed E-state index contributed by atoms with van der Waals surface area (Å²) in [6.07, 6.45) is 2.49. The summed E-state index contributed by atoms with van der Waals surface area (Å²) in [7, 11) is 0. The predicted molar refractivity (Wildman–Crippen MR) is 80.0 cm³/mol. The Labute approximate surface area is 125 Å². The molecule has 2 amide bonds. The molecule has 108 valence electrons. The molecule has 1 aliphatic carbocycles. The van der Waals surface area contributed by atoms with Gasteiger partial charge in [0.15, 0.2) is 0 Å². The van der Waals surface area contributed by atoms with Gasteiger partial charge in [-0.05, 0) is 58.8 Å². The standard InChI is InChI=1S/C14H17BrN2O3/c1-8(9-2-3-9)7-16-14(20)17-12-6-10(13(18)19)4-5-11(12)15/h4-6,8-9H,2-3,7H2,1H3,(H,18,19)(H2,16,17,20). The lowest BCUT2D eigenvalue weighted by Gasteiger charge is -2.13. The lowest BCUT2D eigenvalue weighted by Crippen LogP contribution is -2.33. The summed E-state index contributed by atoms with van der Waals surface area (Å²) in [6, 6.07) is 4.19. The van der Waals surface area contributed by atoms with Gasteiger partial charge in [-0.15, -0.1) is 0 Å². The Bertz CT molecular complexity index is 529. The van der Waals surface area contributed by atoms with Crippen molar-refractivity contribution in [2.75, 3.05) is 11.9 Å². The molecule has 0 radical (unpaired) electrons. The molecule has 1 aromatic rings. The number of anilines is 1. The number of amides is 2. The maximum atomic E-state index is 11.8. The minimum absolute atomic E-state index is 0.134. The Balaban J connectivity index is 1.92. The number of carbonyl (C=O) groups excluding carboxylic acids is 1. The summed E-state index contributed by atoms with van der Waals surface area (Å²) in [6.45, 7) is 2.76. The van der Waals surface area contributed by atoms with Gasteiger partial charge in [0.25, 0.3) is 0 Å². The van der Waals surface area contributed by atoms with Gasteiger partial charge in [-0.3, -0.25) is 0 Å². The number of aromatic carboxylic acids is 1. The second kappa shape index (κ2) is 6.26. The van der Waals surface area contributed by atoms with Crippen LogP contribution in [0, 0.1) is 11.8 Å². The molecule has 0 spiro atoms. The van der Waals surface area contributed by atoms with Crippen LogP contribution in [0.25, 0.3) is 0 Å². The molecule has 1 atom stereocenters. The Kier molecular flexibility index (Phi) is 4.65. The summed E-state index contributed by atoms with van der Waals surface area (Å²) in [4.78, 5) is 22.7. The van der Waals surface area contributed by atoms with Gasteiger partial charge in [-0.2, -0.15) is 0 Å². The van der Waals surface area contributed by atoms with E-state index in [0.717, 1.165) is 5.92 Å². The molecule has 1 fully saturated rings. The molecule has 1 unspecified atom stereocenters. The summed E-state index contributed by atoms with van der Waals surface area (Å²) in [5.41, 5.74) is 0.580. The van der Waals surface area contributed by atoms with Gasteiger partial charge < -0.3 is 15.7 Å². The van der Waals surface area contributed by atoms with Crippen LogP contribution in [0.2, 0.25) is 0 Å². The lowest BCUT2D eigenvalue weighted by molar-refractivity contribution is 0.0697. The lowest BCUT2D eigenvalue weighted by atomic mass is 10.1. The van der Waals surface area contributed by atoms with Crippen LogP contribution in [0.4, 0.5) is 10.5 Å². The number of hydrogen-bond donors (Lipinski definition) is 3. The van der Waals surface area contributed by atoms with Crippen LogP contribution in [-0.4, -0.2) is 23.7 Å². The van der Waals surface area contributed by atoms with Crippen molar-refractivity contribution in [3.05, 3.63) is 28.2 Å².